The zero-order valence-corrected chi connectivity index (χ0v) is 16.6. The van der Waals surface area contributed by atoms with Crippen LogP contribution in [0.2, 0.25) is 0 Å². The maximum Gasteiger partial charge on any atom is 0.407 e. The number of amides is 2. The van der Waals surface area contributed by atoms with Gasteiger partial charge in [-0.2, -0.15) is 0 Å². The van der Waals surface area contributed by atoms with Gasteiger partial charge in [0, 0.05) is 29.9 Å². The molecule has 8 heteroatoms. The molecule has 2 aliphatic rings. The Morgan fingerprint density at radius 1 is 1.10 bits per heavy atom. The van der Waals surface area contributed by atoms with E-state index in [2.05, 4.69) is 10.3 Å². The second-order valence-corrected chi connectivity index (χ2v) is 8.00. The van der Waals surface area contributed by atoms with E-state index in [0.717, 1.165) is 4.90 Å². The Morgan fingerprint density at radius 2 is 1.80 bits per heavy atom. The maximum atomic E-state index is 12.7. The summed E-state index contributed by atoms with van der Waals surface area (Å²) in [7, 11) is 0. The first-order chi connectivity index (χ1) is 14.4. The van der Waals surface area contributed by atoms with Crippen LogP contribution in [0.5, 0.6) is 5.75 Å². The van der Waals surface area contributed by atoms with Crippen LogP contribution in [-0.4, -0.2) is 38.6 Å². The molecule has 2 heterocycles. The van der Waals surface area contributed by atoms with Crippen molar-refractivity contribution in [2.24, 2.45) is 0 Å². The number of carbonyl (C=O) groups is 2. The summed E-state index contributed by atoms with van der Waals surface area (Å²) in [5.41, 5.74) is 1.41. The largest absolute Gasteiger partial charge is 0.506 e. The number of aromatic hydroxyl groups is 1. The summed E-state index contributed by atoms with van der Waals surface area (Å²) in [6.07, 6.45) is 5.28. The molecule has 1 aliphatic carbocycles. The van der Waals surface area contributed by atoms with Crippen molar-refractivity contribution < 1.29 is 19.8 Å². The number of carbonyl (C=O) groups excluding carboxylic acids is 1. The summed E-state index contributed by atoms with van der Waals surface area (Å²) in [5.74, 6) is -0.640. The lowest BCUT2D eigenvalue weighted by molar-refractivity contribution is 0.102. The number of aromatic nitrogens is 1. The Hall–Kier alpha value is -3.29. The fraction of sp³-hybridized carbons (Fsp3) is 0.409. The van der Waals surface area contributed by atoms with Gasteiger partial charge in [-0.1, -0.05) is 31.4 Å². The van der Waals surface area contributed by atoms with Crippen LogP contribution in [0.25, 0.3) is 0 Å². The predicted octanol–water partition coefficient (Wildman–Crippen LogP) is 3.42. The average molecular weight is 411 g/mol. The number of rotatable bonds is 3. The maximum absolute atomic E-state index is 12.7. The van der Waals surface area contributed by atoms with Gasteiger partial charge in [-0.3, -0.25) is 9.59 Å². The van der Waals surface area contributed by atoms with E-state index in [1.165, 1.54) is 37.7 Å². The number of aromatic amines is 1. The van der Waals surface area contributed by atoms with Gasteiger partial charge < -0.3 is 25.4 Å². The molecular formula is C22H25N3O5. The van der Waals surface area contributed by atoms with E-state index in [9.17, 15) is 24.6 Å². The summed E-state index contributed by atoms with van der Waals surface area (Å²) in [5, 5.41) is 22.4. The van der Waals surface area contributed by atoms with Crippen LogP contribution >= 0.6 is 0 Å². The van der Waals surface area contributed by atoms with E-state index in [0.29, 0.717) is 17.3 Å². The zero-order valence-electron chi connectivity index (χ0n) is 16.6. The highest BCUT2D eigenvalue weighted by atomic mass is 16.4. The summed E-state index contributed by atoms with van der Waals surface area (Å²) in [4.78, 5) is 40.1. The van der Waals surface area contributed by atoms with E-state index in [1.54, 1.807) is 12.1 Å². The molecule has 1 aromatic heterocycles. The summed E-state index contributed by atoms with van der Waals surface area (Å²) in [6.45, 7) is 0.139. The van der Waals surface area contributed by atoms with Gasteiger partial charge in [-0.05, 0) is 36.5 Å². The average Bonchev–Trinajstić information content (AvgIpc) is 2.74. The van der Waals surface area contributed by atoms with Gasteiger partial charge in [0.2, 0.25) is 0 Å². The number of nitrogens with zero attached hydrogens (tertiary/aromatic N) is 1. The van der Waals surface area contributed by atoms with E-state index >= 15 is 0 Å². The van der Waals surface area contributed by atoms with Gasteiger partial charge in [0.05, 0.1) is 6.54 Å². The highest BCUT2D eigenvalue weighted by molar-refractivity contribution is 6.06. The van der Waals surface area contributed by atoms with Crippen LogP contribution < -0.4 is 10.9 Å². The van der Waals surface area contributed by atoms with E-state index in [-0.39, 0.29) is 25.1 Å². The van der Waals surface area contributed by atoms with E-state index in [4.69, 9.17) is 0 Å². The third-order valence-corrected chi connectivity index (χ3v) is 6.10. The Morgan fingerprint density at radius 3 is 2.47 bits per heavy atom. The van der Waals surface area contributed by atoms with Crippen molar-refractivity contribution in [1.82, 2.24) is 9.88 Å². The second-order valence-electron chi connectivity index (χ2n) is 8.00. The molecule has 2 aromatic rings. The lowest BCUT2D eigenvalue weighted by Crippen LogP contribution is -2.37. The molecule has 1 fully saturated rings. The molecule has 0 unspecified atom stereocenters. The van der Waals surface area contributed by atoms with Gasteiger partial charge in [0.1, 0.15) is 11.3 Å². The molecule has 0 bridgehead atoms. The molecule has 1 aromatic carbocycles. The molecule has 0 spiro atoms. The fourth-order valence-corrected chi connectivity index (χ4v) is 4.42. The van der Waals surface area contributed by atoms with Crippen LogP contribution in [-0.2, 0) is 13.0 Å². The molecule has 2 amide bonds. The first-order valence-electron chi connectivity index (χ1n) is 10.3. The first kappa shape index (κ1) is 20.0. The molecule has 158 valence electrons. The minimum absolute atomic E-state index is 0.0797. The first-order valence-corrected chi connectivity index (χ1v) is 10.3. The molecule has 4 N–H and O–H groups in total. The highest BCUT2D eigenvalue weighted by Crippen LogP contribution is 2.33. The number of benzene rings is 1. The second kappa shape index (κ2) is 8.22. The SMILES string of the molecule is O=C(Nc1ccc(C2CCCCC2)cc1)c1c(O)c2c([nH]c1=O)CCN(C(=O)O)C2. The third-order valence-electron chi connectivity index (χ3n) is 6.10. The normalized spacial score (nSPS) is 16.7. The standard InChI is InChI=1S/C22H25N3O5/c26-19-16-12-25(22(29)30)11-10-17(16)24-21(28)18(19)20(27)23-15-8-6-14(7-9-15)13-4-2-1-3-5-13/h6-9,13H,1-5,10-12H2,(H,23,27)(H,29,30)(H2,24,26,28). The fourth-order valence-electron chi connectivity index (χ4n) is 4.42. The van der Waals surface area contributed by atoms with Gasteiger partial charge in [0.15, 0.2) is 0 Å². The Bertz CT molecular complexity index is 1020. The van der Waals surface area contributed by atoms with Crippen molar-refractivity contribution in [2.75, 3.05) is 11.9 Å². The van der Waals surface area contributed by atoms with Gasteiger partial charge in [-0.15, -0.1) is 0 Å². The summed E-state index contributed by atoms with van der Waals surface area (Å²) < 4.78 is 0. The number of fused-ring (bicyclic) bond motifs is 1. The molecule has 1 saturated carbocycles. The van der Waals surface area contributed by atoms with Crippen LogP contribution in [0.3, 0.4) is 0 Å². The van der Waals surface area contributed by atoms with Crippen LogP contribution in [0.15, 0.2) is 29.1 Å². The van der Waals surface area contributed by atoms with Crippen molar-refractivity contribution in [1.29, 1.82) is 0 Å². The number of carboxylic acid groups (broad SMARTS) is 1. The molecule has 0 radical (unpaired) electrons. The molecule has 0 saturated heterocycles. The van der Waals surface area contributed by atoms with Crippen molar-refractivity contribution >= 4 is 17.7 Å². The van der Waals surface area contributed by atoms with Crippen LogP contribution in [0, 0.1) is 0 Å². The zero-order chi connectivity index (χ0) is 21.3. The van der Waals surface area contributed by atoms with Gasteiger partial charge in [-0.25, -0.2) is 4.79 Å². The smallest absolute Gasteiger partial charge is 0.407 e. The quantitative estimate of drug-likeness (QED) is 0.616. The lowest BCUT2D eigenvalue weighted by atomic mass is 9.84. The van der Waals surface area contributed by atoms with Gasteiger partial charge in [0.25, 0.3) is 11.5 Å². The Kier molecular flexibility index (Phi) is 5.48. The van der Waals surface area contributed by atoms with Crippen LogP contribution in [0.1, 0.15) is 65.2 Å². The van der Waals surface area contributed by atoms with Gasteiger partial charge >= 0.3 is 6.09 Å². The number of hydrogen-bond donors (Lipinski definition) is 4. The van der Waals surface area contributed by atoms with Crippen molar-refractivity contribution in [3.8, 4) is 5.75 Å². The Labute approximate surface area is 173 Å². The van der Waals surface area contributed by atoms with E-state index in [1.807, 2.05) is 12.1 Å². The minimum Gasteiger partial charge on any atom is -0.506 e. The number of nitrogens with one attached hydrogen (secondary N) is 2. The number of hydrogen-bond acceptors (Lipinski definition) is 4. The van der Waals surface area contributed by atoms with Crippen molar-refractivity contribution in [2.45, 2.75) is 51.0 Å². The third kappa shape index (κ3) is 3.90. The molecule has 30 heavy (non-hydrogen) atoms. The summed E-state index contributed by atoms with van der Waals surface area (Å²) in [6, 6.07) is 7.59. The van der Waals surface area contributed by atoms with Crippen molar-refractivity contribution in [3.05, 3.63) is 57.0 Å². The molecule has 4 rings (SSSR count). The predicted molar refractivity (Wildman–Crippen MR) is 111 cm³/mol. The number of pyridine rings is 1. The molecule has 0 atom stereocenters. The lowest BCUT2D eigenvalue weighted by Gasteiger charge is -2.27. The molecule has 8 nitrogen and oxygen atoms in total. The number of anilines is 1. The summed E-state index contributed by atoms with van der Waals surface area (Å²) >= 11 is 0. The molecular weight excluding hydrogens is 386 g/mol. The highest BCUT2D eigenvalue weighted by Gasteiger charge is 2.28. The van der Waals surface area contributed by atoms with Crippen molar-refractivity contribution in [3.63, 3.8) is 0 Å². The Balaban J connectivity index is 1.54. The minimum atomic E-state index is -1.12. The van der Waals surface area contributed by atoms with Crippen LogP contribution in [0.4, 0.5) is 10.5 Å². The molecule has 1 aliphatic heterocycles. The number of H-pyrrole nitrogens is 1. The van der Waals surface area contributed by atoms with E-state index < -0.39 is 28.9 Å². The topological polar surface area (TPSA) is 123 Å². The monoisotopic (exact) mass is 411 g/mol.